The quantitative estimate of drug-likeness (QED) is 0.334. The Kier molecular flexibility index (Phi) is 6.15. The normalized spacial score (nSPS) is 18.0. The van der Waals surface area contributed by atoms with Gasteiger partial charge >= 0.3 is 11.9 Å². The Hall–Kier alpha value is -3.03. The molecule has 5 N–H and O–H groups in total. The van der Waals surface area contributed by atoms with Crippen LogP contribution in [0, 0.1) is 0 Å². The first kappa shape index (κ1) is 21.2. The zero-order chi connectivity index (χ0) is 21.8. The van der Waals surface area contributed by atoms with Crippen LogP contribution in [0.1, 0.15) is 5.69 Å². The lowest BCUT2D eigenvalue weighted by molar-refractivity contribution is -0.129. The summed E-state index contributed by atoms with van der Waals surface area (Å²) in [6.07, 6.45) is 2.13. The molecule has 1 spiro atoms. The van der Waals surface area contributed by atoms with Crippen LogP contribution in [-0.4, -0.2) is 40.3 Å². The molecule has 3 heterocycles. The fourth-order valence-electron chi connectivity index (χ4n) is 2.66. The van der Waals surface area contributed by atoms with Crippen molar-refractivity contribution in [3.05, 3.63) is 47.5 Å². The van der Waals surface area contributed by atoms with E-state index in [0.29, 0.717) is 28.3 Å². The van der Waals surface area contributed by atoms with Gasteiger partial charge in [0.15, 0.2) is 5.96 Å². The summed E-state index contributed by atoms with van der Waals surface area (Å²) in [6.45, 7) is 0.404. The Bertz CT molecular complexity index is 1070. The SMILES string of the molecule is NC(N)=Nc1nc(CSc2ccc(NC3=NCCS34OC(=O)C=CC(=O)O4)cc2)cs1. The second kappa shape index (κ2) is 8.99. The number of nitrogens with one attached hydrogen (secondary N) is 1. The number of guanidine groups is 1. The van der Waals surface area contributed by atoms with Gasteiger partial charge in [-0.25, -0.2) is 14.6 Å². The zero-order valence-corrected chi connectivity index (χ0v) is 18.5. The van der Waals surface area contributed by atoms with Gasteiger partial charge in [-0.05, 0) is 34.9 Å². The van der Waals surface area contributed by atoms with Crippen molar-refractivity contribution >= 4 is 67.6 Å². The average molecular weight is 479 g/mol. The van der Waals surface area contributed by atoms with Gasteiger partial charge < -0.3 is 25.2 Å². The largest absolute Gasteiger partial charge is 0.370 e. The van der Waals surface area contributed by atoms with Crippen LogP contribution in [0.15, 0.2) is 56.7 Å². The summed E-state index contributed by atoms with van der Waals surface area (Å²) >= 11 is 2.99. The highest BCUT2D eigenvalue weighted by Gasteiger charge is 2.39. The zero-order valence-electron chi connectivity index (χ0n) is 16.0. The molecule has 0 bridgehead atoms. The maximum atomic E-state index is 11.8. The van der Waals surface area contributed by atoms with Crippen LogP contribution in [0.4, 0.5) is 10.8 Å². The minimum absolute atomic E-state index is 0.0169. The summed E-state index contributed by atoms with van der Waals surface area (Å²) in [5, 5.41) is 5.95. The number of hydrogen-bond acceptors (Lipinski definition) is 10. The van der Waals surface area contributed by atoms with Gasteiger partial charge in [-0.3, -0.25) is 4.99 Å². The van der Waals surface area contributed by atoms with Crippen LogP contribution in [-0.2, 0) is 23.7 Å². The number of thioether (sulfide) groups is 1. The van der Waals surface area contributed by atoms with E-state index in [1.165, 1.54) is 11.3 Å². The Morgan fingerprint density at radius 2 is 1.90 bits per heavy atom. The number of carbonyl (C=O) groups excluding carboxylic acids is 2. The molecule has 4 rings (SSSR count). The lowest BCUT2D eigenvalue weighted by Gasteiger charge is -2.36. The average Bonchev–Trinajstić information content (AvgIpc) is 3.28. The molecule has 0 atom stereocenters. The first-order chi connectivity index (χ1) is 14.9. The van der Waals surface area contributed by atoms with Gasteiger partial charge in [0.1, 0.15) is 0 Å². The third kappa shape index (κ3) is 5.18. The summed E-state index contributed by atoms with van der Waals surface area (Å²) in [7, 11) is -2.56. The maximum Gasteiger partial charge on any atom is 0.354 e. The Labute approximate surface area is 187 Å². The molecule has 1 aromatic heterocycles. The summed E-state index contributed by atoms with van der Waals surface area (Å²) in [5.74, 6) is -0.236. The first-order valence-corrected chi connectivity index (χ1v) is 12.5. The van der Waals surface area contributed by atoms with Crippen LogP contribution >= 0.6 is 33.7 Å². The van der Waals surface area contributed by atoms with Crippen molar-refractivity contribution in [3.8, 4) is 0 Å². The molecule has 0 saturated heterocycles. The van der Waals surface area contributed by atoms with Crippen LogP contribution in [0.2, 0.25) is 0 Å². The predicted octanol–water partition coefficient (Wildman–Crippen LogP) is 2.41. The molecule has 2 aromatic rings. The van der Waals surface area contributed by atoms with E-state index >= 15 is 0 Å². The van der Waals surface area contributed by atoms with E-state index in [-0.39, 0.29) is 5.96 Å². The topological polar surface area (TPSA) is 154 Å². The first-order valence-electron chi connectivity index (χ1n) is 8.96. The fourth-order valence-corrected chi connectivity index (χ4v) is 6.34. The van der Waals surface area contributed by atoms with Crippen LogP contribution in [0.5, 0.6) is 0 Å². The number of amidine groups is 1. The molecule has 0 fully saturated rings. The molecule has 2 aliphatic heterocycles. The number of aliphatic imine (C=N–C) groups is 2. The molecule has 0 amide bonds. The molecule has 2 aliphatic rings. The van der Waals surface area contributed by atoms with E-state index in [1.807, 2.05) is 29.6 Å². The number of nitrogens with two attached hydrogens (primary N) is 2. The van der Waals surface area contributed by atoms with Gasteiger partial charge in [0.05, 0.1) is 18.0 Å². The molecule has 0 unspecified atom stereocenters. The lowest BCUT2D eigenvalue weighted by Crippen LogP contribution is -2.25. The fraction of sp³-hybridized carbons (Fsp3) is 0.167. The Morgan fingerprint density at radius 1 is 1.19 bits per heavy atom. The highest BCUT2D eigenvalue weighted by Crippen LogP contribution is 2.55. The molecule has 13 heteroatoms. The number of anilines is 1. The maximum absolute atomic E-state index is 11.8. The molecule has 10 nitrogen and oxygen atoms in total. The van der Waals surface area contributed by atoms with Crippen molar-refractivity contribution in [3.63, 3.8) is 0 Å². The Morgan fingerprint density at radius 3 is 2.58 bits per heavy atom. The standard InChI is InChI=1S/C18H18N6O4S3/c19-16(20)24-17-22-12(10-30-17)9-29-13-3-1-11(2-4-13)23-18-21-7-8-31(18)27-14(25)5-6-15(26)28-31/h1-6,10H,7-9H2,(H,21,23)(H4,19,20,22,24). The Balaban J connectivity index is 1.38. The van der Waals surface area contributed by atoms with Crippen molar-refractivity contribution in [2.45, 2.75) is 10.6 Å². The second-order valence-electron chi connectivity index (χ2n) is 6.24. The van der Waals surface area contributed by atoms with E-state index in [4.69, 9.17) is 19.8 Å². The van der Waals surface area contributed by atoms with Crippen molar-refractivity contribution in [1.82, 2.24) is 4.98 Å². The molecule has 31 heavy (non-hydrogen) atoms. The number of carbonyl (C=O) groups is 2. The highest BCUT2D eigenvalue weighted by atomic mass is 32.3. The molecular formula is C18H18N6O4S3. The highest BCUT2D eigenvalue weighted by molar-refractivity contribution is 8.39. The number of aromatic nitrogens is 1. The van der Waals surface area contributed by atoms with Crippen molar-refractivity contribution < 1.29 is 18.0 Å². The van der Waals surface area contributed by atoms with E-state index in [0.717, 1.165) is 28.4 Å². The van der Waals surface area contributed by atoms with E-state index in [2.05, 4.69) is 20.3 Å². The lowest BCUT2D eigenvalue weighted by atomic mass is 10.3. The van der Waals surface area contributed by atoms with E-state index in [9.17, 15) is 9.59 Å². The monoisotopic (exact) mass is 478 g/mol. The van der Waals surface area contributed by atoms with Crippen molar-refractivity contribution in [2.24, 2.45) is 21.5 Å². The van der Waals surface area contributed by atoms with Gasteiger partial charge in [-0.1, -0.05) is 0 Å². The summed E-state index contributed by atoms with van der Waals surface area (Å²) in [4.78, 5) is 37.4. The summed E-state index contributed by atoms with van der Waals surface area (Å²) in [5.41, 5.74) is 12.3. The summed E-state index contributed by atoms with van der Waals surface area (Å²) < 4.78 is 10.9. The molecule has 0 aliphatic carbocycles. The van der Waals surface area contributed by atoms with Gasteiger partial charge in [0.2, 0.25) is 10.3 Å². The van der Waals surface area contributed by atoms with Crippen LogP contribution in [0.3, 0.4) is 0 Å². The third-order valence-electron chi connectivity index (χ3n) is 3.96. The molecule has 162 valence electrons. The predicted molar refractivity (Wildman–Crippen MR) is 123 cm³/mol. The molecule has 1 aromatic carbocycles. The van der Waals surface area contributed by atoms with Gasteiger partial charge in [-0.15, -0.1) is 23.1 Å². The number of benzene rings is 1. The smallest absolute Gasteiger partial charge is 0.354 e. The molecule has 0 radical (unpaired) electrons. The molecular weight excluding hydrogens is 460 g/mol. The minimum atomic E-state index is -2.56. The van der Waals surface area contributed by atoms with E-state index in [1.54, 1.807) is 11.8 Å². The number of thiazole rings is 1. The molecule has 0 saturated carbocycles. The van der Waals surface area contributed by atoms with Gasteiger partial charge in [0.25, 0.3) is 0 Å². The number of nitrogens with zero attached hydrogens (tertiary/aromatic N) is 3. The summed E-state index contributed by atoms with van der Waals surface area (Å²) in [6, 6.07) is 7.64. The minimum Gasteiger partial charge on any atom is -0.370 e. The van der Waals surface area contributed by atoms with Gasteiger partial charge in [0, 0.05) is 33.9 Å². The number of rotatable bonds is 5. The van der Waals surface area contributed by atoms with E-state index < -0.39 is 22.5 Å². The van der Waals surface area contributed by atoms with Crippen LogP contribution < -0.4 is 16.8 Å². The number of hydrogen-bond donors (Lipinski definition) is 3. The third-order valence-corrected chi connectivity index (χ3v) is 8.19. The van der Waals surface area contributed by atoms with Crippen molar-refractivity contribution in [1.29, 1.82) is 0 Å². The van der Waals surface area contributed by atoms with Crippen molar-refractivity contribution in [2.75, 3.05) is 17.6 Å². The second-order valence-corrected chi connectivity index (χ2v) is 10.5. The van der Waals surface area contributed by atoms with Gasteiger partial charge in [-0.2, -0.15) is 4.99 Å². The van der Waals surface area contributed by atoms with Crippen LogP contribution in [0.25, 0.3) is 0 Å².